The van der Waals surface area contributed by atoms with Crippen LogP contribution in [0.25, 0.3) is 10.9 Å². The second-order valence-electron chi connectivity index (χ2n) is 4.00. The summed E-state index contributed by atoms with van der Waals surface area (Å²) >= 11 is 6.04. The van der Waals surface area contributed by atoms with Gasteiger partial charge in [-0.25, -0.2) is 4.98 Å². The van der Waals surface area contributed by atoms with E-state index in [0.29, 0.717) is 10.9 Å². The van der Waals surface area contributed by atoms with Crippen LogP contribution in [0, 0.1) is 10.1 Å². The molecule has 0 N–H and O–H groups in total. The molecule has 0 amide bonds. The third kappa shape index (κ3) is 2.70. The number of fused-ring (bicyclic) bond motifs is 1. The van der Waals surface area contributed by atoms with Crippen LogP contribution in [0.15, 0.2) is 24.4 Å². The number of pyridine rings is 1. The van der Waals surface area contributed by atoms with Crippen molar-refractivity contribution >= 4 is 34.2 Å². The first kappa shape index (κ1) is 14.2. The summed E-state index contributed by atoms with van der Waals surface area (Å²) in [6, 6.07) is 4.54. The molecule has 104 valence electrons. The topological polar surface area (TPSA) is 82.3 Å². The molecule has 0 atom stereocenters. The van der Waals surface area contributed by atoms with Crippen molar-refractivity contribution in [3.63, 3.8) is 0 Å². The molecule has 7 heteroatoms. The molecule has 0 unspecified atom stereocenters. The maximum atomic E-state index is 11.6. The Hall–Kier alpha value is -2.21. The van der Waals surface area contributed by atoms with E-state index >= 15 is 0 Å². The van der Waals surface area contributed by atoms with E-state index in [9.17, 15) is 14.9 Å². The summed E-state index contributed by atoms with van der Waals surface area (Å²) in [5.41, 5.74) is 0.573. The number of nitrogens with zero attached hydrogens (tertiary/aromatic N) is 2. The van der Waals surface area contributed by atoms with Crippen molar-refractivity contribution in [3.8, 4) is 0 Å². The average molecular weight is 295 g/mol. The molecule has 0 fully saturated rings. The van der Waals surface area contributed by atoms with Gasteiger partial charge in [-0.05, 0) is 12.5 Å². The van der Waals surface area contributed by atoms with Gasteiger partial charge in [0.2, 0.25) is 0 Å². The number of nitro benzene ring substituents is 1. The van der Waals surface area contributed by atoms with E-state index in [1.807, 2.05) is 0 Å². The molecule has 2 aromatic rings. The molecular weight excluding hydrogens is 284 g/mol. The van der Waals surface area contributed by atoms with E-state index < -0.39 is 10.9 Å². The fourth-order valence-electron chi connectivity index (χ4n) is 1.92. The van der Waals surface area contributed by atoms with Gasteiger partial charge in [-0.1, -0.05) is 23.7 Å². The van der Waals surface area contributed by atoms with E-state index in [1.54, 1.807) is 13.0 Å². The second-order valence-corrected chi connectivity index (χ2v) is 4.40. The summed E-state index contributed by atoms with van der Waals surface area (Å²) in [6.45, 7) is 1.97. The lowest BCUT2D eigenvalue weighted by atomic mass is 10.1. The number of rotatable bonds is 4. The number of carbonyl (C=O) groups excluding carboxylic acids is 1. The highest BCUT2D eigenvalue weighted by Gasteiger charge is 2.18. The van der Waals surface area contributed by atoms with Crippen molar-refractivity contribution in [2.75, 3.05) is 6.61 Å². The van der Waals surface area contributed by atoms with Crippen molar-refractivity contribution in [2.45, 2.75) is 13.3 Å². The van der Waals surface area contributed by atoms with Gasteiger partial charge in [-0.2, -0.15) is 0 Å². The zero-order valence-electron chi connectivity index (χ0n) is 10.6. The molecule has 1 aromatic carbocycles. The van der Waals surface area contributed by atoms with Crippen LogP contribution < -0.4 is 0 Å². The largest absolute Gasteiger partial charge is 0.466 e. The van der Waals surface area contributed by atoms with Crippen LogP contribution in [-0.2, 0) is 16.0 Å². The number of para-hydroxylation sites is 1. The molecule has 0 radical (unpaired) electrons. The molecular formula is C13H11ClN2O4. The second kappa shape index (κ2) is 5.83. The number of ether oxygens (including phenoxy) is 1. The van der Waals surface area contributed by atoms with E-state index in [2.05, 4.69) is 4.98 Å². The first-order valence-corrected chi connectivity index (χ1v) is 6.28. The van der Waals surface area contributed by atoms with E-state index in [4.69, 9.17) is 16.3 Å². The molecule has 0 saturated carbocycles. The number of halogens is 1. The monoisotopic (exact) mass is 294 g/mol. The number of non-ortho nitro benzene ring substituents is 1. The Balaban J connectivity index is 2.59. The zero-order valence-corrected chi connectivity index (χ0v) is 11.4. The standard InChI is InChI=1S/C13H11ClN2O4/c1-2-20-12(17)6-9-8-4-3-5-11(16(18)19)13(8)15-7-10(9)14/h3-5,7H,2,6H2,1H3. The molecule has 6 nitrogen and oxygen atoms in total. The zero-order chi connectivity index (χ0) is 14.7. The minimum atomic E-state index is -0.516. The minimum Gasteiger partial charge on any atom is -0.466 e. The van der Waals surface area contributed by atoms with Gasteiger partial charge in [-0.15, -0.1) is 0 Å². The molecule has 20 heavy (non-hydrogen) atoms. The number of benzene rings is 1. The molecule has 0 bridgehead atoms. The third-order valence-corrected chi connectivity index (χ3v) is 3.08. The third-order valence-electron chi connectivity index (χ3n) is 2.76. The highest BCUT2D eigenvalue weighted by molar-refractivity contribution is 6.32. The van der Waals surface area contributed by atoms with Crippen LogP contribution in [0.3, 0.4) is 0 Å². The lowest BCUT2D eigenvalue weighted by Gasteiger charge is -2.08. The predicted octanol–water partition coefficient (Wildman–Crippen LogP) is 2.90. The summed E-state index contributed by atoms with van der Waals surface area (Å²) in [6.07, 6.45) is 1.26. The molecule has 0 saturated heterocycles. The number of hydrogen-bond acceptors (Lipinski definition) is 5. The first-order valence-electron chi connectivity index (χ1n) is 5.90. The van der Waals surface area contributed by atoms with E-state index in [-0.39, 0.29) is 29.3 Å². The summed E-state index contributed by atoms with van der Waals surface area (Å²) in [7, 11) is 0. The molecule has 2 rings (SSSR count). The molecule has 0 aliphatic heterocycles. The number of hydrogen-bond donors (Lipinski definition) is 0. The molecule has 1 heterocycles. The van der Waals surface area contributed by atoms with Crippen LogP contribution in [0.4, 0.5) is 5.69 Å². The van der Waals surface area contributed by atoms with Gasteiger partial charge in [0.15, 0.2) is 0 Å². The number of nitro groups is 1. The summed E-state index contributed by atoms with van der Waals surface area (Å²) in [4.78, 5) is 26.0. The predicted molar refractivity (Wildman–Crippen MR) is 73.7 cm³/mol. The van der Waals surface area contributed by atoms with E-state index in [1.165, 1.54) is 18.3 Å². The highest BCUT2D eigenvalue weighted by atomic mass is 35.5. The van der Waals surface area contributed by atoms with Crippen LogP contribution in [0.5, 0.6) is 0 Å². The Labute approximate surface area is 119 Å². The maximum Gasteiger partial charge on any atom is 0.310 e. The molecule has 0 aliphatic rings. The molecule has 0 spiro atoms. The normalized spacial score (nSPS) is 10.5. The minimum absolute atomic E-state index is 0.0487. The Morgan fingerprint density at radius 1 is 1.50 bits per heavy atom. The van der Waals surface area contributed by atoms with Crippen molar-refractivity contribution in [2.24, 2.45) is 0 Å². The van der Waals surface area contributed by atoms with Crippen LogP contribution in [0.1, 0.15) is 12.5 Å². The SMILES string of the molecule is CCOC(=O)Cc1c(Cl)cnc2c([N+](=O)[O-])cccc12. The van der Waals surface area contributed by atoms with Gasteiger partial charge >= 0.3 is 5.97 Å². The van der Waals surface area contributed by atoms with Gasteiger partial charge in [0.05, 0.1) is 23.0 Å². The summed E-state index contributed by atoms with van der Waals surface area (Å²) in [5, 5.41) is 11.7. The van der Waals surface area contributed by atoms with Crippen molar-refractivity contribution in [1.82, 2.24) is 4.98 Å². The lowest BCUT2D eigenvalue weighted by Crippen LogP contribution is -2.08. The number of esters is 1. The molecule has 0 aliphatic carbocycles. The lowest BCUT2D eigenvalue weighted by molar-refractivity contribution is -0.383. The van der Waals surface area contributed by atoms with E-state index in [0.717, 1.165) is 0 Å². The maximum absolute atomic E-state index is 11.6. The first-order chi connectivity index (χ1) is 9.54. The van der Waals surface area contributed by atoms with Crippen molar-refractivity contribution in [1.29, 1.82) is 0 Å². The quantitative estimate of drug-likeness (QED) is 0.492. The van der Waals surface area contributed by atoms with Crippen LogP contribution in [0.2, 0.25) is 5.02 Å². The molecule has 1 aromatic heterocycles. The number of aromatic nitrogens is 1. The van der Waals surface area contributed by atoms with Gasteiger partial charge in [0, 0.05) is 17.6 Å². The van der Waals surface area contributed by atoms with Gasteiger partial charge in [0.25, 0.3) is 5.69 Å². The van der Waals surface area contributed by atoms with Crippen molar-refractivity contribution in [3.05, 3.63) is 45.1 Å². The van der Waals surface area contributed by atoms with Crippen LogP contribution >= 0.6 is 11.6 Å². The smallest absolute Gasteiger partial charge is 0.310 e. The van der Waals surface area contributed by atoms with Crippen molar-refractivity contribution < 1.29 is 14.5 Å². The average Bonchev–Trinajstić information content (AvgIpc) is 2.41. The number of carbonyl (C=O) groups is 1. The highest BCUT2D eigenvalue weighted by Crippen LogP contribution is 2.30. The Morgan fingerprint density at radius 3 is 2.90 bits per heavy atom. The van der Waals surface area contributed by atoms with Gasteiger partial charge in [0.1, 0.15) is 5.52 Å². The van der Waals surface area contributed by atoms with Gasteiger partial charge in [-0.3, -0.25) is 14.9 Å². The fraction of sp³-hybridized carbons (Fsp3) is 0.231. The fourth-order valence-corrected chi connectivity index (χ4v) is 2.14. The Morgan fingerprint density at radius 2 is 2.25 bits per heavy atom. The van der Waals surface area contributed by atoms with Gasteiger partial charge < -0.3 is 4.74 Å². The Bertz CT molecular complexity index is 687. The Kier molecular flexibility index (Phi) is 4.14. The summed E-state index contributed by atoms with van der Waals surface area (Å²) in [5.74, 6) is -0.437. The van der Waals surface area contributed by atoms with Crippen LogP contribution in [-0.4, -0.2) is 22.5 Å². The summed E-state index contributed by atoms with van der Waals surface area (Å²) < 4.78 is 4.88.